The molecule has 0 bridgehead atoms. The number of carbonyl (C=O) groups excluding carboxylic acids is 1. The summed E-state index contributed by atoms with van der Waals surface area (Å²) in [6.45, 7) is 5.40. The van der Waals surface area contributed by atoms with Crippen molar-refractivity contribution in [3.05, 3.63) is 47.3 Å². The first-order valence-corrected chi connectivity index (χ1v) is 8.75. The van der Waals surface area contributed by atoms with E-state index >= 15 is 0 Å². The number of morpholine rings is 1. The molecule has 1 saturated heterocycles. The lowest BCUT2D eigenvalue weighted by Crippen LogP contribution is -2.37. The second kappa shape index (κ2) is 8.96. The van der Waals surface area contributed by atoms with Crippen LogP contribution >= 0.6 is 0 Å². The third-order valence-corrected chi connectivity index (χ3v) is 4.05. The van der Waals surface area contributed by atoms with E-state index in [0.717, 1.165) is 18.9 Å². The fourth-order valence-electron chi connectivity index (χ4n) is 2.67. The normalized spacial score (nSPS) is 13.7. The molecule has 0 spiro atoms. The van der Waals surface area contributed by atoms with Crippen LogP contribution in [0, 0.1) is 18.3 Å². The summed E-state index contributed by atoms with van der Waals surface area (Å²) < 4.78 is 11.0. The van der Waals surface area contributed by atoms with E-state index < -0.39 is 0 Å². The maximum Gasteiger partial charge on any atom is 0.251 e. The van der Waals surface area contributed by atoms with Gasteiger partial charge in [-0.2, -0.15) is 10.2 Å². The number of nitrogens with zero attached hydrogens (tertiary/aromatic N) is 4. The molecule has 1 aliphatic rings. The fraction of sp³-hybridized carbons (Fsp3) is 0.368. The molecule has 0 atom stereocenters. The van der Waals surface area contributed by atoms with Crippen molar-refractivity contribution in [3.8, 4) is 11.9 Å². The topological polar surface area (TPSA) is 100 Å². The van der Waals surface area contributed by atoms with Gasteiger partial charge in [0.2, 0.25) is 5.88 Å². The molecule has 1 N–H and O–H groups in total. The lowest BCUT2D eigenvalue weighted by Gasteiger charge is -2.28. The van der Waals surface area contributed by atoms with Gasteiger partial charge < -0.3 is 19.7 Å². The van der Waals surface area contributed by atoms with Crippen LogP contribution in [0.4, 0.5) is 5.82 Å². The summed E-state index contributed by atoms with van der Waals surface area (Å²) in [5.74, 6) is 1.73. The Morgan fingerprint density at radius 2 is 2.04 bits per heavy atom. The third kappa shape index (κ3) is 5.15. The smallest absolute Gasteiger partial charge is 0.251 e. The Morgan fingerprint density at radius 1 is 1.30 bits per heavy atom. The van der Waals surface area contributed by atoms with Gasteiger partial charge in [0.15, 0.2) is 0 Å². The van der Waals surface area contributed by atoms with E-state index in [2.05, 4.69) is 20.2 Å². The fourth-order valence-corrected chi connectivity index (χ4v) is 2.67. The van der Waals surface area contributed by atoms with Crippen LogP contribution in [0.15, 0.2) is 30.3 Å². The summed E-state index contributed by atoms with van der Waals surface area (Å²) in [4.78, 5) is 23.0. The molecule has 2 aromatic rings. The average Bonchev–Trinajstić information content (AvgIpc) is 2.71. The number of rotatable bonds is 6. The number of ether oxygens (including phenoxy) is 2. The van der Waals surface area contributed by atoms with Crippen molar-refractivity contribution in [2.24, 2.45) is 0 Å². The second-order valence-corrected chi connectivity index (χ2v) is 6.00. The van der Waals surface area contributed by atoms with Gasteiger partial charge in [-0.25, -0.2) is 4.98 Å². The monoisotopic (exact) mass is 367 g/mol. The number of nitrogens with one attached hydrogen (secondary N) is 1. The zero-order valence-corrected chi connectivity index (χ0v) is 15.1. The minimum atomic E-state index is -0.212. The predicted octanol–water partition coefficient (Wildman–Crippen LogP) is 1.30. The first-order chi connectivity index (χ1) is 13.2. The van der Waals surface area contributed by atoms with Crippen molar-refractivity contribution in [1.82, 2.24) is 15.3 Å². The molecule has 8 nitrogen and oxygen atoms in total. The molecule has 1 amide bonds. The van der Waals surface area contributed by atoms with E-state index in [0.29, 0.717) is 49.2 Å². The number of aryl methyl sites for hydroxylation is 1. The number of benzene rings is 1. The van der Waals surface area contributed by atoms with E-state index in [-0.39, 0.29) is 5.91 Å². The van der Waals surface area contributed by atoms with Crippen LogP contribution in [0.5, 0.6) is 5.88 Å². The standard InChI is InChI=1S/C19H21N5O3/c1-14-22-17(24-7-10-26-11-8-24)12-18(23-14)27-9-6-21-19(25)16-4-2-15(13-20)3-5-16/h2-5,12H,6-11H2,1H3,(H,21,25). The highest BCUT2D eigenvalue weighted by Gasteiger charge is 2.14. The number of hydrogen-bond donors (Lipinski definition) is 1. The van der Waals surface area contributed by atoms with Crippen molar-refractivity contribution < 1.29 is 14.3 Å². The Kier molecular flexibility index (Phi) is 6.18. The summed E-state index contributed by atoms with van der Waals surface area (Å²) in [7, 11) is 0. The van der Waals surface area contributed by atoms with Gasteiger partial charge >= 0.3 is 0 Å². The molecule has 1 aromatic carbocycles. The Bertz CT molecular complexity index is 826. The van der Waals surface area contributed by atoms with Crippen molar-refractivity contribution in [1.29, 1.82) is 5.26 Å². The summed E-state index contributed by atoms with van der Waals surface area (Å²) in [5.41, 5.74) is 1.02. The molecule has 0 unspecified atom stereocenters. The average molecular weight is 367 g/mol. The third-order valence-electron chi connectivity index (χ3n) is 4.05. The molecular weight excluding hydrogens is 346 g/mol. The van der Waals surface area contributed by atoms with Gasteiger partial charge in [0, 0.05) is 24.7 Å². The highest BCUT2D eigenvalue weighted by Crippen LogP contribution is 2.18. The van der Waals surface area contributed by atoms with Crippen molar-refractivity contribution in [2.75, 3.05) is 44.4 Å². The van der Waals surface area contributed by atoms with Crippen LogP contribution in [0.2, 0.25) is 0 Å². The minimum Gasteiger partial charge on any atom is -0.476 e. The molecule has 1 aromatic heterocycles. The number of aromatic nitrogens is 2. The number of amides is 1. The van der Waals surface area contributed by atoms with Gasteiger partial charge in [-0.15, -0.1) is 0 Å². The molecular formula is C19H21N5O3. The van der Waals surface area contributed by atoms with Gasteiger partial charge in [-0.3, -0.25) is 4.79 Å². The summed E-state index contributed by atoms with van der Waals surface area (Å²) in [5, 5.41) is 11.6. The Balaban J connectivity index is 1.50. The summed E-state index contributed by atoms with van der Waals surface area (Å²) in [6.07, 6.45) is 0. The maximum absolute atomic E-state index is 12.1. The van der Waals surface area contributed by atoms with Gasteiger partial charge in [0.1, 0.15) is 18.2 Å². The lowest BCUT2D eigenvalue weighted by molar-refractivity contribution is 0.0946. The van der Waals surface area contributed by atoms with Crippen LogP contribution in [-0.2, 0) is 4.74 Å². The first-order valence-electron chi connectivity index (χ1n) is 8.75. The molecule has 140 valence electrons. The molecule has 0 radical (unpaired) electrons. The van der Waals surface area contributed by atoms with Gasteiger partial charge in [-0.05, 0) is 31.2 Å². The van der Waals surface area contributed by atoms with Crippen molar-refractivity contribution in [2.45, 2.75) is 6.92 Å². The molecule has 1 aliphatic heterocycles. The molecule has 0 aliphatic carbocycles. The maximum atomic E-state index is 12.1. The van der Waals surface area contributed by atoms with E-state index in [9.17, 15) is 4.79 Å². The number of nitriles is 1. The van der Waals surface area contributed by atoms with Crippen LogP contribution < -0.4 is 15.0 Å². The highest BCUT2D eigenvalue weighted by atomic mass is 16.5. The van der Waals surface area contributed by atoms with Gasteiger partial charge in [0.05, 0.1) is 31.4 Å². The minimum absolute atomic E-state index is 0.212. The number of carbonyl (C=O) groups is 1. The molecule has 27 heavy (non-hydrogen) atoms. The van der Waals surface area contributed by atoms with Crippen LogP contribution in [0.1, 0.15) is 21.7 Å². The zero-order chi connectivity index (χ0) is 19.1. The molecule has 0 saturated carbocycles. The SMILES string of the molecule is Cc1nc(OCCNC(=O)c2ccc(C#N)cc2)cc(N2CCOCC2)n1. The van der Waals surface area contributed by atoms with Gasteiger partial charge in [0.25, 0.3) is 5.91 Å². The Morgan fingerprint density at radius 3 is 2.74 bits per heavy atom. The number of hydrogen-bond acceptors (Lipinski definition) is 7. The molecule has 1 fully saturated rings. The van der Waals surface area contributed by atoms with E-state index in [1.54, 1.807) is 30.3 Å². The Hall–Kier alpha value is -3.18. The molecule has 2 heterocycles. The molecule has 8 heteroatoms. The van der Waals surface area contributed by atoms with Crippen LogP contribution in [0.3, 0.4) is 0 Å². The first kappa shape index (κ1) is 18.6. The van der Waals surface area contributed by atoms with Crippen molar-refractivity contribution in [3.63, 3.8) is 0 Å². The number of anilines is 1. The van der Waals surface area contributed by atoms with Crippen LogP contribution in [-0.4, -0.2) is 55.3 Å². The largest absolute Gasteiger partial charge is 0.476 e. The quantitative estimate of drug-likeness (QED) is 0.768. The predicted molar refractivity (Wildman–Crippen MR) is 98.8 cm³/mol. The highest BCUT2D eigenvalue weighted by molar-refractivity contribution is 5.94. The van der Waals surface area contributed by atoms with Crippen molar-refractivity contribution >= 4 is 11.7 Å². The lowest BCUT2D eigenvalue weighted by atomic mass is 10.1. The Labute approximate surface area is 157 Å². The molecule has 3 rings (SSSR count). The summed E-state index contributed by atoms with van der Waals surface area (Å²) in [6, 6.07) is 10.3. The van der Waals surface area contributed by atoms with E-state index in [4.69, 9.17) is 14.7 Å². The van der Waals surface area contributed by atoms with Crippen LogP contribution in [0.25, 0.3) is 0 Å². The second-order valence-electron chi connectivity index (χ2n) is 6.00. The van der Waals surface area contributed by atoms with E-state index in [1.165, 1.54) is 0 Å². The zero-order valence-electron chi connectivity index (χ0n) is 15.1. The van der Waals surface area contributed by atoms with Gasteiger partial charge in [-0.1, -0.05) is 0 Å². The van der Waals surface area contributed by atoms with E-state index in [1.807, 2.05) is 13.0 Å². The summed E-state index contributed by atoms with van der Waals surface area (Å²) >= 11 is 0.